The molecule has 1 amide bonds. The van der Waals surface area contributed by atoms with Gasteiger partial charge in [-0.2, -0.15) is 4.39 Å². The quantitative estimate of drug-likeness (QED) is 0.638. The van der Waals surface area contributed by atoms with Crippen molar-refractivity contribution >= 4 is 15.9 Å². The van der Waals surface area contributed by atoms with E-state index in [-0.39, 0.29) is 28.5 Å². The Morgan fingerprint density at radius 1 is 1.03 bits per heavy atom. The molecule has 0 radical (unpaired) electrons. The summed E-state index contributed by atoms with van der Waals surface area (Å²) < 4.78 is 63.1. The molecule has 10 heteroatoms. The Morgan fingerprint density at radius 3 is 2.50 bits per heavy atom. The summed E-state index contributed by atoms with van der Waals surface area (Å²) in [5, 5.41) is 0. The standard InChI is InChI=1S/C20H16F2N2O5S/c1-28-20-13(5-4-10-23-20)14-11-12(19(25)24-30(2,26)27)8-9-16(14)29-17-7-3-6-15(21)18(17)22/h3-11H,1-2H3,(H,24,25). The fourth-order valence-electron chi connectivity index (χ4n) is 2.64. The number of pyridine rings is 1. The number of methoxy groups -OCH3 is 1. The van der Waals surface area contributed by atoms with Gasteiger partial charge >= 0.3 is 0 Å². The van der Waals surface area contributed by atoms with Crippen molar-refractivity contribution in [2.45, 2.75) is 0 Å². The second-order valence-corrected chi connectivity index (χ2v) is 7.88. The number of nitrogens with one attached hydrogen (secondary N) is 1. The Bertz CT molecular complexity index is 1220. The number of amides is 1. The molecule has 1 aromatic heterocycles. The number of rotatable bonds is 6. The molecule has 7 nitrogen and oxygen atoms in total. The minimum atomic E-state index is -3.79. The lowest BCUT2D eigenvalue weighted by Crippen LogP contribution is -2.29. The highest BCUT2D eigenvalue weighted by molar-refractivity contribution is 7.89. The van der Waals surface area contributed by atoms with E-state index in [0.717, 1.165) is 12.3 Å². The fraction of sp³-hybridized carbons (Fsp3) is 0.100. The van der Waals surface area contributed by atoms with Gasteiger partial charge in [-0.25, -0.2) is 22.5 Å². The molecule has 0 unspecified atom stereocenters. The zero-order valence-electron chi connectivity index (χ0n) is 15.8. The smallest absolute Gasteiger partial charge is 0.264 e. The molecule has 2 aromatic carbocycles. The van der Waals surface area contributed by atoms with Crippen molar-refractivity contribution in [1.82, 2.24) is 9.71 Å². The molecule has 0 fully saturated rings. The molecule has 1 N–H and O–H groups in total. The van der Waals surface area contributed by atoms with Gasteiger partial charge < -0.3 is 9.47 Å². The van der Waals surface area contributed by atoms with Crippen molar-refractivity contribution in [1.29, 1.82) is 0 Å². The number of benzene rings is 2. The highest BCUT2D eigenvalue weighted by Crippen LogP contribution is 2.38. The largest absolute Gasteiger partial charge is 0.481 e. The van der Waals surface area contributed by atoms with Gasteiger partial charge in [0.15, 0.2) is 11.6 Å². The lowest BCUT2D eigenvalue weighted by atomic mass is 10.0. The van der Waals surface area contributed by atoms with Crippen LogP contribution >= 0.6 is 0 Å². The molecule has 1 heterocycles. The van der Waals surface area contributed by atoms with Crippen LogP contribution < -0.4 is 14.2 Å². The van der Waals surface area contributed by atoms with Crippen molar-refractivity contribution in [2.24, 2.45) is 0 Å². The van der Waals surface area contributed by atoms with Gasteiger partial charge in [-0.05, 0) is 42.5 Å². The summed E-state index contributed by atoms with van der Waals surface area (Å²) in [5.41, 5.74) is 0.638. The zero-order valence-corrected chi connectivity index (χ0v) is 16.7. The van der Waals surface area contributed by atoms with E-state index in [1.165, 1.54) is 43.6 Å². The van der Waals surface area contributed by atoms with E-state index < -0.39 is 27.6 Å². The monoisotopic (exact) mass is 434 g/mol. The normalized spacial score (nSPS) is 11.1. The van der Waals surface area contributed by atoms with Crippen molar-refractivity contribution in [3.63, 3.8) is 0 Å². The van der Waals surface area contributed by atoms with Gasteiger partial charge in [-0.3, -0.25) is 4.79 Å². The molecule has 0 bridgehead atoms. The lowest BCUT2D eigenvalue weighted by Gasteiger charge is -2.15. The summed E-state index contributed by atoms with van der Waals surface area (Å²) in [6.45, 7) is 0. The number of ether oxygens (including phenoxy) is 2. The summed E-state index contributed by atoms with van der Waals surface area (Å²) in [7, 11) is -2.40. The van der Waals surface area contributed by atoms with Crippen LogP contribution in [-0.2, 0) is 10.0 Å². The van der Waals surface area contributed by atoms with Gasteiger partial charge in [0.2, 0.25) is 21.7 Å². The average Bonchev–Trinajstić information content (AvgIpc) is 2.70. The van der Waals surface area contributed by atoms with Crippen molar-refractivity contribution in [3.8, 4) is 28.5 Å². The van der Waals surface area contributed by atoms with Crippen LogP contribution in [0.2, 0.25) is 0 Å². The average molecular weight is 434 g/mol. The first-order valence-electron chi connectivity index (χ1n) is 8.47. The number of hydrogen-bond acceptors (Lipinski definition) is 6. The topological polar surface area (TPSA) is 94.6 Å². The van der Waals surface area contributed by atoms with Crippen LogP contribution in [0.15, 0.2) is 54.7 Å². The molecule has 0 aliphatic carbocycles. The minimum absolute atomic E-state index is 0.00612. The van der Waals surface area contributed by atoms with E-state index in [4.69, 9.17) is 9.47 Å². The van der Waals surface area contributed by atoms with Crippen LogP contribution in [0.3, 0.4) is 0 Å². The van der Waals surface area contributed by atoms with Gasteiger partial charge in [-0.15, -0.1) is 0 Å². The Balaban J connectivity index is 2.14. The van der Waals surface area contributed by atoms with Gasteiger partial charge in [0.05, 0.1) is 13.4 Å². The lowest BCUT2D eigenvalue weighted by molar-refractivity contribution is 0.0981. The van der Waals surface area contributed by atoms with Crippen molar-refractivity contribution < 1.29 is 31.5 Å². The second kappa shape index (κ2) is 8.46. The Morgan fingerprint density at radius 2 is 1.80 bits per heavy atom. The van der Waals surface area contributed by atoms with Crippen LogP contribution in [0.5, 0.6) is 17.4 Å². The molecule has 156 valence electrons. The highest BCUT2D eigenvalue weighted by Gasteiger charge is 2.19. The highest BCUT2D eigenvalue weighted by atomic mass is 32.2. The van der Waals surface area contributed by atoms with Crippen molar-refractivity contribution in [2.75, 3.05) is 13.4 Å². The first-order valence-corrected chi connectivity index (χ1v) is 10.4. The maximum absolute atomic E-state index is 14.1. The number of aromatic nitrogens is 1. The molecule has 0 spiro atoms. The molecule has 0 aliphatic heterocycles. The predicted molar refractivity (Wildman–Crippen MR) is 105 cm³/mol. The maximum Gasteiger partial charge on any atom is 0.264 e. The summed E-state index contributed by atoms with van der Waals surface area (Å²) in [6, 6.07) is 10.7. The van der Waals surface area contributed by atoms with E-state index >= 15 is 0 Å². The van der Waals surface area contributed by atoms with Gasteiger partial charge in [-0.1, -0.05) is 6.07 Å². The Labute approximate surface area is 171 Å². The van der Waals surface area contributed by atoms with Crippen LogP contribution in [0.4, 0.5) is 8.78 Å². The second-order valence-electron chi connectivity index (χ2n) is 6.13. The molecule has 0 saturated heterocycles. The van der Waals surface area contributed by atoms with E-state index in [9.17, 15) is 22.0 Å². The number of halogens is 2. The van der Waals surface area contributed by atoms with Crippen LogP contribution in [-0.4, -0.2) is 32.7 Å². The molecule has 3 rings (SSSR count). The third-order valence-electron chi connectivity index (χ3n) is 3.91. The maximum atomic E-state index is 14.1. The summed E-state index contributed by atoms with van der Waals surface area (Å²) in [5.74, 6) is -3.25. The third kappa shape index (κ3) is 4.71. The molecule has 0 saturated carbocycles. The van der Waals surface area contributed by atoms with Gasteiger partial charge in [0.1, 0.15) is 5.75 Å². The molecule has 3 aromatic rings. The predicted octanol–water partition coefficient (Wildman–Crippen LogP) is 3.52. The number of nitrogens with zero attached hydrogens (tertiary/aromatic N) is 1. The summed E-state index contributed by atoms with van der Waals surface area (Å²) in [6.07, 6.45) is 2.33. The molecular weight excluding hydrogens is 418 g/mol. The van der Waals surface area contributed by atoms with Gasteiger partial charge in [0, 0.05) is 22.9 Å². The Hall–Kier alpha value is -3.53. The van der Waals surface area contributed by atoms with Crippen molar-refractivity contribution in [3.05, 3.63) is 71.9 Å². The fourth-order valence-corrected chi connectivity index (χ4v) is 3.09. The van der Waals surface area contributed by atoms with Crippen LogP contribution in [0, 0.1) is 11.6 Å². The number of carbonyl (C=O) groups is 1. The first kappa shape index (κ1) is 21.2. The number of hydrogen-bond donors (Lipinski definition) is 1. The minimum Gasteiger partial charge on any atom is -0.481 e. The van der Waals surface area contributed by atoms with E-state index in [2.05, 4.69) is 4.98 Å². The molecule has 0 atom stereocenters. The van der Waals surface area contributed by atoms with Gasteiger partial charge in [0.25, 0.3) is 5.91 Å². The third-order valence-corrected chi connectivity index (χ3v) is 4.47. The number of carbonyl (C=O) groups excluding carboxylic acids is 1. The summed E-state index contributed by atoms with van der Waals surface area (Å²) in [4.78, 5) is 16.4. The molecule has 30 heavy (non-hydrogen) atoms. The number of sulfonamides is 1. The van der Waals surface area contributed by atoms with E-state index in [1.807, 2.05) is 4.72 Å². The SMILES string of the molecule is COc1ncccc1-c1cc(C(=O)NS(C)(=O)=O)ccc1Oc1cccc(F)c1F. The zero-order chi connectivity index (χ0) is 21.9. The van der Waals surface area contributed by atoms with Crippen LogP contribution in [0.1, 0.15) is 10.4 Å². The molecular formula is C20H16F2N2O5S. The van der Waals surface area contributed by atoms with Crippen LogP contribution in [0.25, 0.3) is 11.1 Å². The summed E-state index contributed by atoms with van der Waals surface area (Å²) >= 11 is 0. The van der Waals surface area contributed by atoms with E-state index in [1.54, 1.807) is 12.1 Å². The Kier molecular flexibility index (Phi) is 5.97. The molecule has 0 aliphatic rings. The first-order chi connectivity index (χ1) is 14.2. The van der Waals surface area contributed by atoms with E-state index in [0.29, 0.717) is 5.56 Å².